The van der Waals surface area contributed by atoms with E-state index in [9.17, 15) is 4.79 Å². The number of ketones is 1. The largest absolute Gasteiger partial charge is 0.294 e. The maximum atomic E-state index is 11.9. The van der Waals surface area contributed by atoms with Gasteiger partial charge >= 0.3 is 0 Å². The predicted octanol–water partition coefficient (Wildman–Crippen LogP) is 1.91. The third kappa shape index (κ3) is 2.93. The van der Waals surface area contributed by atoms with Crippen molar-refractivity contribution in [2.75, 3.05) is 0 Å². The van der Waals surface area contributed by atoms with Crippen molar-refractivity contribution in [1.82, 2.24) is 15.0 Å². The third-order valence-corrected chi connectivity index (χ3v) is 2.32. The molecule has 0 aliphatic rings. The van der Waals surface area contributed by atoms with Gasteiger partial charge in [0.25, 0.3) is 0 Å². The molecule has 0 radical (unpaired) electrons. The first kappa shape index (κ1) is 11.4. The Kier molecular flexibility index (Phi) is 3.23. The lowest BCUT2D eigenvalue weighted by Crippen LogP contribution is -2.09. The van der Waals surface area contributed by atoms with Crippen molar-refractivity contribution < 1.29 is 4.79 Å². The number of hydrogen-bond donors (Lipinski definition) is 0. The minimum Gasteiger partial charge on any atom is -0.294 e. The summed E-state index contributed by atoms with van der Waals surface area (Å²) in [6, 6.07) is 9.16. The first-order valence-corrected chi connectivity index (χ1v) is 5.41. The van der Waals surface area contributed by atoms with Gasteiger partial charge in [-0.3, -0.25) is 4.79 Å². The van der Waals surface area contributed by atoms with Crippen LogP contribution in [0.2, 0.25) is 0 Å². The maximum absolute atomic E-state index is 11.9. The molecule has 1 aromatic carbocycles. The standard InChI is InChI=1S/C13H13N3O/c1-9-14-10(2)16-13(15-9)8-12(17)11-6-4-3-5-7-11/h3-7H,8H2,1-2H3. The molecule has 0 unspecified atom stereocenters. The summed E-state index contributed by atoms with van der Waals surface area (Å²) in [5.41, 5.74) is 0.684. The van der Waals surface area contributed by atoms with Gasteiger partial charge in [-0.2, -0.15) is 0 Å². The van der Waals surface area contributed by atoms with Gasteiger partial charge in [-0.1, -0.05) is 30.3 Å². The average molecular weight is 227 g/mol. The highest BCUT2D eigenvalue weighted by Gasteiger charge is 2.09. The molecule has 4 heteroatoms. The predicted molar refractivity (Wildman–Crippen MR) is 63.8 cm³/mol. The molecule has 1 heterocycles. The number of Topliss-reactive ketones (excluding diaryl/α,β-unsaturated/α-hetero) is 1. The van der Waals surface area contributed by atoms with E-state index in [1.54, 1.807) is 26.0 Å². The van der Waals surface area contributed by atoms with Crippen molar-refractivity contribution in [3.8, 4) is 0 Å². The third-order valence-electron chi connectivity index (χ3n) is 2.32. The van der Waals surface area contributed by atoms with Gasteiger partial charge in [-0.15, -0.1) is 0 Å². The van der Waals surface area contributed by atoms with Gasteiger partial charge in [0.15, 0.2) is 5.78 Å². The molecule has 2 rings (SSSR count). The molecule has 0 bridgehead atoms. The van der Waals surface area contributed by atoms with Gasteiger partial charge in [0, 0.05) is 5.56 Å². The summed E-state index contributed by atoms with van der Waals surface area (Å²) in [4.78, 5) is 24.3. The van der Waals surface area contributed by atoms with Crippen LogP contribution in [0.1, 0.15) is 27.8 Å². The molecule has 0 fully saturated rings. The number of nitrogens with zero attached hydrogens (tertiary/aromatic N) is 3. The van der Waals surface area contributed by atoms with Crippen LogP contribution in [0.15, 0.2) is 30.3 Å². The summed E-state index contributed by atoms with van der Waals surface area (Å²) < 4.78 is 0. The lowest BCUT2D eigenvalue weighted by molar-refractivity contribution is 0.0990. The van der Waals surface area contributed by atoms with Crippen LogP contribution in [0.25, 0.3) is 0 Å². The molecule has 0 atom stereocenters. The fraction of sp³-hybridized carbons (Fsp3) is 0.231. The van der Waals surface area contributed by atoms with Crippen molar-refractivity contribution in [2.45, 2.75) is 20.3 Å². The van der Waals surface area contributed by atoms with E-state index >= 15 is 0 Å². The maximum Gasteiger partial charge on any atom is 0.170 e. The van der Waals surface area contributed by atoms with Crippen LogP contribution in [0, 0.1) is 13.8 Å². The van der Waals surface area contributed by atoms with Gasteiger partial charge in [0.05, 0.1) is 6.42 Å². The Labute approximate surface area is 99.8 Å². The smallest absolute Gasteiger partial charge is 0.170 e. The van der Waals surface area contributed by atoms with E-state index in [4.69, 9.17) is 0 Å². The topological polar surface area (TPSA) is 55.7 Å². The molecule has 0 aliphatic carbocycles. The molecule has 86 valence electrons. The van der Waals surface area contributed by atoms with Gasteiger partial charge in [-0.25, -0.2) is 15.0 Å². The molecule has 0 amide bonds. The van der Waals surface area contributed by atoms with Crippen molar-refractivity contribution in [2.24, 2.45) is 0 Å². The quantitative estimate of drug-likeness (QED) is 0.752. The fourth-order valence-corrected chi connectivity index (χ4v) is 1.63. The second-order valence-electron chi connectivity index (χ2n) is 3.81. The number of aryl methyl sites for hydroxylation is 2. The number of carbonyl (C=O) groups is 1. The van der Waals surface area contributed by atoms with Crippen molar-refractivity contribution in [1.29, 1.82) is 0 Å². The zero-order valence-corrected chi connectivity index (χ0v) is 9.84. The number of carbonyl (C=O) groups excluding carboxylic acids is 1. The van der Waals surface area contributed by atoms with Crippen LogP contribution in [-0.2, 0) is 6.42 Å². The summed E-state index contributed by atoms with van der Waals surface area (Å²) in [6.07, 6.45) is 0.216. The summed E-state index contributed by atoms with van der Waals surface area (Å²) in [7, 11) is 0. The lowest BCUT2D eigenvalue weighted by Gasteiger charge is -2.02. The van der Waals surface area contributed by atoms with Crippen molar-refractivity contribution >= 4 is 5.78 Å². The Morgan fingerprint density at radius 3 is 2.18 bits per heavy atom. The Balaban J connectivity index is 2.19. The van der Waals surface area contributed by atoms with Crippen molar-refractivity contribution in [3.05, 3.63) is 53.4 Å². The molecule has 0 spiro atoms. The van der Waals surface area contributed by atoms with E-state index in [1.165, 1.54) is 0 Å². The Bertz CT molecular complexity index is 517. The Morgan fingerprint density at radius 1 is 1.00 bits per heavy atom. The number of rotatable bonds is 3. The summed E-state index contributed by atoms with van der Waals surface area (Å²) in [5, 5.41) is 0. The number of benzene rings is 1. The summed E-state index contributed by atoms with van der Waals surface area (Å²) in [6.45, 7) is 3.59. The Morgan fingerprint density at radius 2 is 1.59 bits per heavy atom. The van der Waals surface area contributed by atoms with Crippen LogP contribution in [0.4, 0.5) is 0 Å². The lowest BCUT2D eigenvalue weighted by atomic mass is 10.1. The molecule has 17 heavy (non-hydrogen) atoms. The van der Waals surface area contributed by atoms with Crippen molar-refractivity contribution in [3.63, 3.8) is 0 Å². The van der Waals surface area contributed by atoms with Gasteiger partial charge in [-0.05, 0) is 13.8 Å². The fourth-order valence-electron chi connectivity index (χ4n) is 1.63. The molecule has 0 aliphatic heterocycles. The number of aromatic nitrogens is 3. The molecule has 0 N–H and O–H groups in total. The highest BCUT2D eigenvalue weighted by atomic mass is 16.1. The molecule has 0 saturated carbocycles. The highest BCUT2D eigenvalue weighted by molar-refractivity contribution is 5.97. The normalized spacial score (nSPS) is 10.2. The van der Waals surface area contributed by atoms with E-state index in [0.717, 1.165) is 0 Å². The van der Waals surface area contributed by atoms with Crippen LogP contribution in [0.5, 0.6) is 0 Å². The molecule has 1 aromatic heterocycles. The molecular formula is C13H13N3O. The average Bonchev–Trinajstić information content (AvgIpc) is 2.28. The van der Waals surface area contributed by atoms with Gasteiger partial charge in [0.2, 0.25) is 0 Å². The van der Waals surface area contributed by atoms with Gasteiger partial charge in [0.1, 0.15) is 17.5 Å². The number of hydrogen-bond acceptors (Lipinski definition) is 4. The van der Waals surface area contributed by atoms with Crippen LogP contribution in [-0.4, -0.2) is 20.7 Å². The van der Waals surface area contributed by atoms with E-state index in [1.807, 2.05) is 18.2 Å². The Hall–Kier alpha value is -2.10. The second kappa shape index (κ2) is 4.82. The first-order valence-electron chi connectivity index (χ1n) is 5.41. The monoisotopic (exact) mass is 227 g/mol. The zero-order valence-electron chi connectivity index (χ0n) is 9.84. The van der Waals surface area contributed by atoms with E-state index in [0.29, 0.717) is 23.0 Å². The van der Waals surface area contributed by atoms with E-state index < -0.39 is 0 Å². The molecule has 2 aromatic rings. The van der Waals surface area contributed by atoms with Crippen LogP contribution >= 0.6 is 0 Å². The second-order valence-corrected chi connectivity index (χ2v) is 3.81. The summed E-state index contributed by atoms with van der Waals surface area (Å²) in [5.74, 6) is 1.85. The molecule has 4 nitrogen and oxygen atoms in total. The van der Waals surface area contributed by atoms with Gasteiger partial charge < -0.3 is 0 Å². The van der Waals surface area contributed by atoms with E-state index in [2.05, 4.69) is 15.0 Å². The van der Waals surface area contributed by atoms with E-state index in [-0.39, 0.29) is 12.2 Å². The minimum atomic E-state index is 0.0237. The first-order chi connectivity index (χ1) is 8.15. The molecule has 0 saturated heterocycles. The molecular weight excluding hydrogens is 214 g/mol. The van der Waals surface area contributed by atoms with Crippen LogP contribution < -0.4 is 0 Å². The van der Waals surface area contributed by atoms with Crippen LogP contribution in [0.3, 0.4) is 0 Å². The zero-order chi connectivity index (χ0) is 12.3. The summed E-state index contributed by atoms with van der Waals surface area (Å²) >= 11 is 0. The minimum absolute atomic E-state index is 0.0237. The SMILES string of the molecule is Cc1nc(C)nc(CC(=O)c2ccccc2)n1. The highest BCUT2D eigenvalue weighted by Crippen LogP contribution is 2.04.